The molecule has 0 saturated heterocycles. The summed E-state index contributed by atoms with van der Waals surface area (Å²) in [5.74, 6) is -0.229. The number of benzene rings is 2. The fraction of sp³-hybridized carbons (Fsp3) is 0. The molecular formula is C17H9NO2S. The monoisotopic (exact) mass is 291 g/mol. The van der Waals surface area contributed by atoms with Gasteiger partial charge in [-0.3, -0.25) is 9.59 Å². The molecule has 1 aliphatic carbocycles. The fourth-order valence-corrected chi connectivity index (χ4v) is 3.44. The maximum atomic E-state index is 12.7. The van der Waals surface area contributed by atoms with Crippen LogP contribution in [0.2, 0.25) is 0 Å². The highest BCUT2D eigenvalue weighted by atomic mass is 32.1. The van der Waals surface area contributed by atoms with Gasteiger partial charge in [0.25, 0.3) is 0 Å². The number of hydrogen-bond acceptors (Lipinski definition) is 4. The van der Waals surface area contributed by atoms with Crippen LogP contribution >= 0.6 is 11.5 Å². The topological polar surface area (TPSA) is 47.0 Å². The van der Waals surface area contributed by atoms with Crippen LogP contribution in [0.3, 0.4) is 0 Å². The normalized spacial score (nSPS) is 13.0. The van der Waals surface area contributed by atoms with Gasteiger partial charge in [-0.25, -0.2) is 0 Å². The van der Waals surface area contributed by atoms with Crippen molar-refractivity contribution in [2.45, 2.75) is 0 Å². The van der Waals surface area contributed by atoms with Gasteiger partial charge in [-0.15, -0.1) is 0 Å². The Labute approximate surface area is 125 Å². The van der Waals surface area contributed by atoms with E-state index in [2.05, 4.69) is 4.37 Å². The lowest BCUT2D eigenvalue weighted by Crippen LogP contribution is -2.19. The van der Waals surface area contributed by atoms with Crippen molar-refractivity contribution in [1.82, 2.24) is 4.37 Å². The zero-order chi connectivity index (χ0) is 14.4. The third-order valence-electron chi connectivity index (χ3n) is 3.59. The van der Waals surface area contributed by atoms with Gasteiger partial charge < -0.3 is 0 Å². The summed E-state index contributed by atoms with van der Waals surface area (Å²) in [5.41, 5.74) is 2.83. The Morgan fingerprint density at radius 1 is 0.762 bits per heavy atom. The molecule has 100 valence electrons. The molecule has 4 heteroatoms. The third kappa shape index (κ3) is 1.69. The average molecular weight is 291 g/mol. The molecule has 0 fully saturated rings. The Kier molecular flexibility index (Phi) is 2.59. The molecule has 3 nitrogen and oxygen atoms in total. The minimum atomic E-state index is -0.118. The summed E-state index contributed by atoms with van der Waals surface area (Å²) in [5, 5.41) is 0. The van der Waals surface area contributed by atoms with Gasteiger partial charge in [0.1, 0.15) is 4.88 Å². The Bertz CT molecular complexity index is 881. The summed E-state index contributed by atoms with van der Waals surface area (Å²) < 4.78 is 4.35. The molecule has 1 heterocycles. The second-order valence-corrected chi connectivity index (χ2v) is 5.58. The van der Waals surface area contributed by atoms with E-state index in [1.54, 1.807) is 24.3 Å². The van der Waals surface area contributed by atoms with Gasteiger partial charge >= 0.3 is 0 Å². The van der Waals surface area contributed by atoms with Gasteiger partial charge in [0.05, 0.1) is 11.3 Å². The van der Waals surface area contributed by atoms with Crippen molar-refractivity contribution in [3.63, 3.8) is 0 Å². The summed E-state index contributed by atoms with van der Waals surface area (Å²) in [7, 11) is 0. The van der Waals surface area contributed by atoms with Gasteiger partial charge in [-0.05, 0) is 11.5 Å². The Morgan fingerprint density at radius 2 is 1.38 bits per heavy atom. The standard InChI is InChI=1S/C17H9NO2S/c19-15-11-8-4-5-9-12(11)16(20)17-13(15)14(18-21-17)10-6-2-1-3-7-10/h1-9H. The molecule has 21 heavy (non-hydrogen) atoms. The molecule has 2 aromatic carbocycles. The lowest BCUT2D eigenvalue weighted by molar-refractivity contribution is 0.0983. The number of fused-ring (bicyclic) bond motifs is 2. The second kappa shape index (κ2) is 4.46. The van der Waals surface area contributed by atoms with E-state index in [1.807, 2.05) is 30.3 Å². The average Bonchev–Trinajstić information content (AvgIpc) is 2.99. The maximum absolute atomic E-state index is 12.7. The molecule has 1 aliphatic rings. The molecule has 0 radical (unpaired) electrons. The van der Waals surface area contributed by atoms with E-state index in [0.717, 1.165) is 17.1 Å². The van der Waals surface area contributed by atoms with Crippen molar-refractivity contribution < 1.29 is 9.59 Å². The summed E-state index contributed by atoms with van der Waals surface area (Å²) in [6.07, 6.45) is 0. The van der Waals surface area contributed by atoms with Gasteiger partial charge in [0.15, 0.2) is 5.78 Å². The highest BCUT2D eigenvalue weighted by Crippen LogP contribution is 2.36. The molecule has 0 saturated carbocycles. The number of carbonyl (C=O) groups is 2. The number of carbonyl (C=O) groups excluding carboxylic acids is 2. The maximum Gasteiger partial charge on any atom is 0.206 e. The molecule has 0 N–H and O–H groups in total. The zero-order valence-corrected chi connectivity index (χ0v) is 11.7. The number of hydrogen-bond donors (Lipinski definition) is 0. The van der Waals surface area contributed by atoms with E-state index >= 15 is 0 Å². The second-order valence-electron chi connectivity index (χ2n) is 4.81. The smallest absolute Gasteiger partial charge is 0.206 e. The van der Waals surface area contributed by atoms with Gasteiger partial charge in [0, 0.05) is 16.7 Å². The first-order chi connectivity index (χ1) is 10.3. The highest BCUT2D eigenvalue weighted by Gasteiger charge is 2.34. The Hall–Kier alpha value is -2.59. The summed E-state index contributed by atoms with van der Waals surface area (Å²) in [4.78, 5) is 25.7. The molecule has 4 rings (SSSR count). The van der Waals surface area contributed by atoms with Gasteiger partial charge in [-0.1, -0.05) is 54.6 Å². The number of aromatic nitrogens is 1. The predicted molar refractivity (Wildman–Crippen MR) is 80.9 cm³/mol. The lowest BCUT2D eigenvalue weighted by Gasteiger charge is -2.14. The molecule has 0 aliphatic heterocycles. The van der Waals surface area contributed by atoms with E-state index in [0.29, 0.717) is 27.3 Å². The van der Waals surface area contributed by atoms with Crippen LogP contribution in [0.5, 0.6) is 0 Å². The first-order valence-electron chi connectivity index (χ1n) is 6.51. The molecular weight excluding hydrogens is 282 g/mol. The summed E-state index contributed by atoms with van der Waals surface area (Å²) in [6, 6.07) is 16.4. The van der Waals surface area contributed by atoms with Crippen LogP contribution in [-0.4, -0.2) is 15.9 Å². The predicted octanol–water partition coefficient (Wildman–Crippen LogP) is 3.59. The van der Waals surface area contributed by atoms with E-state index in [4.69, 9.17) is 0 Å². The largest absolute Gasteiger partial charge is 0.288 e. The van der Waals surface area contributed by atoms with E-state index < -0.39 is 0 Å². The number of ketones is 2. The molecule has 0 unspecified atom stereocenters. The van der Waals surface area contributed by atoms with E-state index in [9.17, 15) is 9.59 Å². The van der Waals surface area contributed by atoms with Crippen LogP contribution < -0.4 is 0 Å². The van der Waals surface area contributed by atoms with Crippen LogP contribution in [0.1, 0.15) is 31.2 Å². The molecule has 0 amide bonds. The van der Waals surface area contributed by atoms with Crippen LogP contribution in [-0.2, 0) is 0 Å². The van der Waals surface area contributed by atoms with Crippen molar-refractivity contribution in [3.8, 4) is 11.3 Å². The molecule has 0 spiro atoms. The zero-order valence-electron chi connectivity index (χ0n) is 10.9. The van der Waals surface area contributed by atoms with Crippen molar-refractivity contribution in [2.24, 2.45) is 0 Å². The number of nitrogens with zero attached hydrogens (tertiary/aromatic N) is 1. The summed E-state index contributed by atoms with van der Waals surface area (Å²) >= 11 is 1.10. The van der Waals surface area contributed by atoms with E-state index in [-0.39, 0.29) is 11.6 Å². The summed E-state index contributed by atoms with van der Waals surface area (Å²) in [6.45, 7) is 0. The van der Waals surface area contributed by atoms with Crippen molar-refractivity contribution in [3.05, 3.63) is 76.2 Å². The van der Waals surface area contributed by atoms with Crippen LogP contribution in [0.4, 0.5) is 0 Å². The van der Waals surface area contributed by atoms with Crippen molar-refractivity contribution in [1.29, 1.82) is 0 Å². The lowest BCUT2D eigenvalue weighted by atomic mass is 9.87. The Morgan fingerprint density at radius 3 is 2.10 bits per heavy atom. The third-order valence-corrected chi connectivity index (χ3v) is 4.43. The quantitative estimate of drug-likeness (QED) is 0.538. The van der Waals surface area contributed by atoms with Crippen molar-refractivity contribution >= 4 is 23.1 Å². The van der Waals surface area contributed by atoms with Gasteiger partial charge in [-0.2, -0.15) is 4.37 Å². The Balaban J connectivity index is 1.98. The van der Waals surface area contributed by atoms with Crippen LogP contribution in [0, 0.1) is 0 Å². The number of rotatable bonds is 1. The molecule has 3 aromatic rings. The van der Waals surface area contributed by atoms with Crippen molar-refractivity contribution in [2.75, 3.05) is 0 Å². The molecule has 0 atom stereocenters. The first kappa shape index (κ1) is 12.2. The van der Waals surface area contributed by atoms with E-state index in [1.165, 1.54) is 0 Å². The minimum Gasteiger partial charge on any atom is -0.288 e. The SMILES string of the molecule is O=C1c2ccccc2C(=O)c2c(-c3ccccc3)nsc21. The fourth-order valence-electron chi connectivity index (χ4n) is 2.58. The van der Waals surface area contributed by atoms with Gasteiger partial charge in [0.2, 0.25) is 5.78 Å². The molecule has 0 bridgehead atoms. The highest BCUT2D eigenvalue weighted by molar-refractivity contribution is 7.09. The van der Waals surface area contributed by atoms with Crippen LogP contribution in [0.25, 0.3) is 11.3 Å². The molecule has 1 aromatic heterocycles. The first-order valence-corrected chi connectivity index (χ1v) is 7.28. The van der Waals surface area contributed by atoms with Crippen LogP contribution in [0.15, 0.2) is 54.6 Å². The minimum absolute atomic E-state index is 0.111.